The van der Waals surface area contributed by atoms with Crippen molar-refractivity contribution in [3.63, 3.8) is 0 Å². The number of hydrogen-bond acceptors (Lipinski definition) is 4. The maximum Gasteiger partial charge on any atom is 0.238 e. The molecule has 2 rings (SSSR count). The van der Waals surface area contributed by atoms with Gasteiger partial charge in [0.15, 0.2) is 0 Å². The van der Waals surface area contributed by atoms with E-state index in [4.69, 9.17) is 14.6 Å². The highest BCUT2D eigenvalue weighted by Gasteiger charge is 2.15. The molecule has 1 saturated heterocycles. The molecule has 0 saturated carbocycles. The Labute approximate surface area is 113 Å². The van der Waals surface area contributed by atoms with E-state index < -0.39 is 10.0 Å². The fraction of sp³-hybridized carbons (Fsp3) is 0.538. The number of benzene rings is 1. The Morgan fingerprint density at radius 3 is 2.79 bits per heavy atom. The summed E-state index contributed by atoms with van der Waals surface area (Å²) in [6.45, 7) is 2.98. The van der Waals surface area contributed by atoms with Crippen LogP contribution in [-0.2, 0) is 14.8 Å². The van der Waals surface area contributed by atoms with Crippen LogP contribution < -0.4 is 9.88 Å². The molecule has 0 bridgehead atoms. The van der Waals surface area contributed by atoms with Crippen LogP contribution in [0.25, 0.3) is 0 Å². The molecule has 5 nitrogen and oxygen atoms in total. The number of sulfonamides is 1. The molecular formula is C13H19NO4S. The molecule has 1 aliphatic rings. The van der Waals surface area contributed by atoms with Crippen LogP contribution in [0.1, 0.15) is 24.8 Å². The van der Waals surface area contributed by atoms with Crippen molar-refractivity contribution >= 4 is 10.0 Å². The fourth-order valence-corrected chi connectivity index (χ4v) is 2.92. The van der Waals surface area contributed by atoms with Gasteiger partial charge in [-0.15, -0.1) is 0 Å². The number of aryl methyl sites for hydroxylation is 1. The van der Waals surface area contributed by atoms with E-state index in [9.17, 15) is 8.42 Å². The number of hydrogen-bond donors (Lipinski definition) is 1. The Morgan fingerprint density at radius 1 is 1.42 bits per heavy atom. The van der Waals surface area contributed by atoms with Gasteiger partial charge in [-0.3, -0.25) is 0 Å². The summed E-state index contributed by atoms with van der Waals surface area (Å²) < 4.78 is 33.8. The zero-order valence-electron chi connectivity index (χ0n) is 11.0. The third-order valence-electron chi connectivity index (χ3n) is 3.16. The van der Waals surface area contributed by atoms with E-state index in [1.54, 1.807) is 19.1 Å². The maximum atomic E-state index is 11.3. The smallest absolute Gasteiger partial charge is 0.238 e. The molecule has 0 spiro atoms. The van der Waals surface area contributed by atoms with Gasteiger partial charge in [0.2, 0.25) is 10.0 Å². The monoisotopic (exact) mass is 285 g/mol. The van der Waals surface area contributed by atoms with Gasteiger partial charge >= 0.3 is 0 Å². The Balaban J connectivity index is 2.00. The maximum absolute atomic E-state index is 11.3. The van der Waals surface area contributed by atoms with Crippen LogP contribution in [0.5, 0.6) is 5.75 Å². The van der Waals surface area contributed by atoms with Crippen molar-refractivity contribution in [2.24, 2.45) is 5.14 Å². The summed E-state index contributed by atoms with van der Waals surface area (Å²) in [5.41, 5.74) is 0.588. The summed E-state index contributed by atoms with van der Waals surface area (Å²) >= 11 is 0. The molecule has 0 radical (unpaired) electrons. The second-order valence-corrected chi connectivity index (χ2v) is 6.30. The van der Waals surface area contributed by atoms with Crippen LogP contribution in [0, 0.1) is 6.92 Å². The molecule has 19 heavy (non-hydrogen) atoms. The van der Waals surface area contributed by atoms with Gasteiger partial charge in [0.1, 0.15) is 12.4 Å². The van der Waals surface area contributed by atoms with Crippen molar-refractivity contribution in [1.82, 2.24) is 0 Å². The first-order chi connectivity index (χ1) is 8.97. The topological polar surface area (TPSA) is 78.6 Å². The van der Waals surface area contributed by atoms with Gasteiger partial charge in [-0.05, 0) is 49.9 Å². The van der Waals surface area contributed by atoms with Crippen molar-refractivity contribution in [3.8, 4) is 5.75 Å². The zero-order valence-corrected chi connectivity index (χ0v) is 11.8. The fourth-order valence-electron chi connectivity index (χ4n) is 2.16. The predicted octanol–water partition coefficient (Wildman–Crippen LogP) is 1.59. The van der Waals surface area contributed by atoms with Gasteiger partial charge in [0, 0.05) is 6.61 Å². The van der Waals surface area contributed by atoms with Crippen LogP contribution in [-0.4, -0.2) is 27.7 Å². The summed E-state index contributed by atoms with van der Waals surface area (Å²) in [6.07, 6.45) is 3.41. The summed E-state index contributed by atoms with van der Waals surface area (Å²) in [7, 11) is -3.67. The minimum atomic E-state index is -3.67. The number of ether oxygens (including phenoxy) is 2. The lowest BCUT2D eigenvalue weighted by Gasteiger charge is -2.22. The van der Waals surface area contributed by atoms with Crippen LogP contribution >= 0.6 is 0 Å². The highest BCUT2D eigenvalue weighted by atomic mass is 32.2. The standard InChI is InChI=1S/C13H19NO4S/c1-10-8-11(5-6-13(10)19(14,15)16)18-9-12-4-2-3-7-17-12/h5-6,8,12H,2-4,7,9H2,1H3,(H2,14,15,16). The molecule has 1 aliphatic heterocycles. The van der Waals surface area contributed by atoms with Gasteiger partial charge in [-0.2, -0.15) is 0 Å². The van der Waals surface area contributed by atoms with Crippen molar-refractivity contribution in [2.45, 2.75) is 37.2 Å². The lowest BCUT2D eigenvalue weighted by Crippen LogP contribution is -2.25. The van der Waals surface area contributed by atoms with Crippen LogP contribution in [0.3, 0.4) is 0 Å². The molecule has 1 atom stereocenters. The van der Waals surface area contributed by atoms with Gasteiger partial charge in [-0.1, -0.05) is 0 Å². The van der Waals surface area contributed by atoms with E-state index in [-0.39, 0.29) is 11.0 Å². The summed E-state index contributed by atoms with van der Waals surface area (Å²) in [6, 6.07) is 4.78. The van der Waals surface area contributed by atoms with Gasteiger partial charge in [-0.25, -0.2) is 13.6 Å². The molecule has 1 aromatic carbocycles. The predicted molar refractivity (Wildman–Crippen MR) is 71.6 cm³/mol. The molecule has 1 unspecified atom stereocenters. The second-order valence-electron chi connectivity index (χ2n) is 4.77. The number of primary sulfonamides is 1. The minimum absolute atomic E-state index is 0.131. The molecule has 2 N–H and O–H groups in total. The summed E-state index contributed by atoms with van der Waals surface area (Å²) in [5, 5.41) is 5.11. The molecule has 1 fully saturated rings. The molecule has 6 heteroatoms. The average Bonchev–Trinajstić information content (AvgIpc) is 2.36. The van der Waals surface area contributed by atoms with Gasteiger partial charge < -0.3 is 9.47 Å². The highest BCUT2D eigenvalue weighted by Crippen LogP contribution is 2.21. The van der Waals surface area contributed by atoms with Crippen LogP contribution in [0.15, 0.2) is 23.1 Å². The van der Waals surface area contributed by atoms with E-state index in [1.165, 1.54) is 6.07 Å². The van der Waals surface area contributed by atoms with Crippen molar-refractivity contribution in [2.75, 3.05) is 13.2 Å². The third kappa shape index (κ3) is 3.92. The van der Waals surface area contributed by atoms with E-state index in [0.717, 1.165) is 25.9 Å². The quantitative estimate of drug-likeness (QED) is 0.911. The molecule has 1 heterocycles. The first-order valence-corrected chi connectivity index (χ1v) is 7.89. The van der Waals surface area contributed by atoms with Crippen molar-refractivity contribution < 1.29 is 17.9 Å². The molecule has 0 amide bonds. The Kier molecular flexibility index (Phi) is 4.44. The molecule has 0 aromatic heterocycles. The number of nitrogens with two attached hydrogens (primary N) is 1. The van der Waals surface area contributed by atoms with E-state index in [2.05, 4.69) is 0 Å². The lowest BCUT2D eigenvalue weighted by atomic mass is 10.1. The SMILES string of the molecule is Cc1cc(OCC2CCCCO2)ccc1S(N)(=O)=O. The van der Waals surface area contributed by atoms with Gasteiger partial charge in [0.05, 0.1) is 11.0 Å². The van der Waals surface area contributed by atoms with Crippen LogP contribution in [0.4, 0.5) is 0 Å². The molecule has 106 valence electrons. The second kappa shape index (κ2) is 5.90. The summed E-state index contributed by atoms with van der Waals surface area (Å²) in [5.74, 6) is 0.638. The van der Waals surface area contributed by atoms with Gasteiger partial charge in [0.25, 0.3) is 0 Å². The minimum Gasteiger partial charge on any atom is -0.491 e. The first kappa shape index (κ1) is 14.3. The zero-order chi connectivity index (χ0) is 13.9. The Bertz CT molecular complexity index is 536. The van der Waals surface area contributed by atoms with E-state index in [0.29, 0.717) is 17.9 Å². The first-order valence-electron chi connectivity index (χ1n) is 6.34. The normalized spacial score (nSPS) is 20.2. The Hall–Kier alpha value is -1.11. The largest absolute Gasteiger partial charge is 0.491 e. The molecule has 1 aromatic rings. The lowest BCUT2D eigenvalue weighted by molar-refractivity contribution is -0.0110. The molecular weight excluding hydrogens is 266 g/mol. The van der Waals surface area contributed by atoms with E-state index >= 15 is 0 Å². The van der Waals surface area contributed by atoms with Crippen LogP contribution in [0.2, 0.25) is 0 Å². The molecule has 0 aliphatic carbocycles. The van der Waals surface area contributed by atoms with Crippen molar-refractivity contribution in [3.05, 3.63) is 23.8 Å². The third-order valence-corrected chi connectivity index (χ3v) is 4.23. The summed E-state index contributed by atoms with van der Waals surface area (Å²) in [4.78, 5) is 0.133. The highest BCUT2D eigenvalue weighted by molar-refractivity contribution is 7.89. The Morgan fingerprint density at radius 2 is 2.21 bits per heavy atom. The van der Waals surface area contributed by atoms with E-state index in [1.807, 2.05) is 0 Å². The average molecular weight is 285 g/mol. The number of rotatable bonds is 4. The van der Waals surface area contributed by atoms with Crippen molar-refractivity contribution in [1.29, 1.82) is 0 Å².